The third-order valence-electron chi connectivity index (χ3n) is 6.69. The van der Waals surface area contributed by atoms with Crippen LogP contribution in [-0.2, 0) is 33.8 Å². The minimum absolute atomic E-state index is 0.0322. The second kappa shape index (κ2) is 12.1. The minimum Gasteiger partial charge on any atom is -0.366 e. The van der Waals surface area contributed by atoms with Gasteiger partial charge in [0, 0.05) is 11.1 Å². The smallest absolute Gasteiger partial charge is 0.341 e. The molecule has 0 spiro atoms. The summed E-state index contributed by atoms with van der Waals surface area (Å²) in [4.78, 5) is 11.8. The van der Waals surface area contributed by atoms with Crippen molar-refractivity contribution in [1.29, 1.82) is 0 Å². The van der Waals surface area contributed by atoms with Crippen LogP contribution in [-0.4, -0.2) is 5.91 Å². The lowest BCUT2D eigenvalue weighted by molar-refractivity contribution is -0.410. The van der Waals surface area contributed by atoms with E-state index in [1.54, 1.807) is 24.3 Å². The molecule has 2 N–H and O–H groups in total. The highest BCUT2D eigenvalue weighted by Gasteiger charge is 2.35. The van der Waals surface area contributed by atoms with E-state index >= 15 is 0 Å². The number of aryl methyl sites for hydroxylation is 1. The van der Waals surface area contributed by atoms with Gasteiger partial charge in [0.25, 0.3) is 0 Å². The van der Waals surface area contributed by atoms with Crippen LogP contribution in [0.3, 0.4) is 0 Å². The van der Waals surface area contributed by atoms with Gasteiger partial charge in [0.05, 0.1) is 13.2 Å². The number of ether oxygens (including phenoxy) is 2. The van der Waals surface area contributed by atoms with Crippen molar-refractivity contribution < 1.29 is 19.4 Å². The normalized spacial score (nSPS) is 12.6. The average Bonchev–Trinajstić information content (AvgIpc) is 3.00. The largest absolute Gasteiger partial charge is 0.366 e. The van der Waals surface area contributed by atoms with Crippen molar-refractivity contribution in [3.05, 3.63) is 155 Å². The number of carbonyl (C=O) groups excluding carboxylic acids is 1. The molecule has 1 atom stereocenters. The van der Waals surface area contributed by atoms with Gasteiger partial charge in [-0.3, -0.25) is 4.79 Å². The molecule has 0 heterocycles. The molecule has 5 rings (SSSR count). The van der Waals surface area contributed by atoms with E-state index in [4.69, 9.17) is 15.2 Å². The summed E-state index contributed by atoms with van der Waals surface area (Å²) in [5, 5.41) is 14.4. The van der Waals surface area contributed by atoms with Crippen LogP contribution < -0.4 is 5.73 Å². The first kappa shape index (κ1) is 27.0. The molecule has 0 saturated heterocycles. The summed E-state index contributed by atoms with van der Waals surface area (Å²) in [7, 11) is 0. The van der Waals surface area contributed by atoms with Gasteiger partial charge in [-0.2, -0.15) is 5.11 Å². The Labute approximate surface area is 234 Å². The number of benzene rings is 5. The van der Waals surface area contributed by atoms with E-state index < -0.39 is 11.9 Å². The van der Waals surface area contributed by atoms with E-state index in [1.165, 1.54) is 0 Å². The van der Waals surface area contributed by atoms with Gasteiger partial charge in [-0.25, -0.2) is 0 Å². The number of rotatable bonds is 10. The number of hydrogen-bond acceptors (Lipinski definition) is 3. The summed E-state index contributed by atoms with van der Waals surface area (Å²) in [6, 6.07) is 40.1. The fraction of sp³-hybridized carbons (Fsp3) is 0.114. The first-order valence-corrected chi connectivity index (χ1v) is 13.1. The second-order valence-corrected chi connectivity index (χ2v) is 9.68. The molecular formula is C35H30NO4. The minimum atomic E-state index is -2.33. The van der Waals surface area contributed by atoms with E-state index in [0.717, 1.165) is 33.4 Å². The molecule has 5 nitrogen and oxygen atoms in total. The molecule has 1 radical (unpaired) electrons. The maximum atomic E-state index is 14.4. The highest BCUT2D eigenvalue weighted by molar-refractivity contribution is 5.93. The van der Waals surface area contributed by atoms with Gasteiger partial charge in [-0.05, 0) is 64.1 Å². The average molecular weight is 529 g/mol. The summed E-state index contributed by atoms with van der Waals surface area (Å²) in [6.45, 7) is 1.83. The summed E-state index contributed by atoms with van der Waals surface area (Å²) < 4.78 is 12.1. The maximum Gasteiger partial charge on any atom is 0.341 e. The molecular weight excluding hydrogens is 498 g/mol. The monoisotopic (exact) mass is 528 g/mol. The fourth-order valence-electron chi connectivity index (χ4n) is 4.71. The lowest BCUT2D eigenvalue weighted by Crippen LogP contribution is -2.31. The molecule has 5 aromatic carbocycles. The lowest BCUT2D eigenvalue weighted by Gasteiger charge is -2.27. The Bertz CT molecular complexity index is 1600. The summed E-state index contributed by atoms with van der Waals surface area (Å²) in [5.74, 6) is -2.87. The standard InChI is InChI=1S/C35H30NO4/c1-25-19-26(21-31(20-25)34(36)37)23-39-35(38,32-17-10-16-29(22-32)27-11-4-2-5-12-27)40-24-30-15-8-9-18-33(30)28-13-6-3-7-14-28/h2-22H,23-24H2,1H3,(H2,36,37). The zero-order chi connectivity index (χ0) is 28.0. The van der Waals surface area contributed by atoms with Gasteiger partial charge >= 0.3 is 5.97 Å². The number of hydrogen-bond donors (Lipinski definition) is 1. The van der Waals surface area contributed by atoms with Crippen LogP contribution in [0, 0.1) is 6.92 Å². The van der Waals surface area contributed by atoms with E-state index in [0.29, 0.717) is 16.7 Å². The molecule has 0 aliphatic heterocycles. The molecule has 0 fully saturated rings. The molecule has 1 unspecified atom stereocenters. The SMILES string of the molecule is Cc1cc(COC([O])(OCc2ccccc2-c2ccccc2)c2cccc(-c3ccccc3)c2)cc(C(N)=O)c1. The van der Waals surface area contributed by atoms with Crippen molar-refractivity contribution in [3.8, 4) is 22.3 Å². The van der Waals surface area contributed by atoms with Crippen molar-refractivity contribution >= 4 is 5.91 Å². The van der Waals surface area contributed by atoms with Crippen LogP contribution in [0.25, 0.3) is 22.3 Å². The van der Waals surface area contributed by atoms with Crippen LogP contribution in [0.4, 0.5) is 0 Å². The van der Waals surface area contributed by atoms with E-state index in [9.17, 15) is 9.90 Å². The predicted molar refractivity (Wildman–Crippen MR) is 155 cm³/mol. The molecule has 5 aromatic rings. The molecule has 199 valence electrons. The third kappa shape index (κ3) is 6.35. The summed E-state index contributed by atoms with van der Waals surface area (Å²) in [6.07, 6.45) is 0. The van der Waals surface area contributed by atoms with Gasteiger partial charge in [0.15, 0.2) is 0 Å². The highest BCUT2D eigenvalue weighted by atomic mass is 16.8. The van der Waals surface area contributed by atoms with Crippen molar-refractivity contribution in [3.63, 3.8) is 0 Å². The van der Waals surface area contributed by atoms with Crippen molar-refractivity contribution in [2.45, 2.75) is 26.1 Å². The molecule has 0 aliphatic rings. The predicted octanol–water partition coefficient (Wildman–Crippen LogP) is 7.40. The molecule has 40 heavy (non-hydrogen) atoms. The molecule has 5 heteroatoms. The number of amides is 1. The number of nitrogens with two attached hydrogens (primary N) is 1. The third-order valence-corrected chi connectivity index (χ3v) is 6.69. The Morgan fingerprint density at radius 2 is 1.30 bits per heavy atom. The molecule has 0 aromatic heterocycles. The van der Waals surface area contributed by atoms with Gasteiger partial charge in [0.1, 0.15) is 0 Å². The van der Waals surface area contributed by atoms with Gasteiger partial charge in [-0.15, -0.1) is 0 Å². The van der Waals surface area contributed by atoms with Crippen molar-refractivity contribution in [2.24, 2.45) is 5.73 Å². The Kier molecular flexibility index (Phi) is 8.18. The Morgan fingerprint density at radius 1 is 0.675 bits per heavy atom. The maximum absolute atomic E-state index is 14.4. The van der Waals surface area contributed by atoms with Crippen LogP contribution in [0.15, 0.2) is 127 Å². The van der Waals surface area contributed by atoms with Crippen LogP contribution in [0.2, 0.25) is 0 Å². The first-order valence-electron chi connectivity index (χ1n) is 13.1. The molecule has 1 amide bonds. The Hall–Kier alpha value is -4.55. The molecule has 0 saturated carbocycles. The van der Waals surface area contributed by atoms with E-state index in [-0.39, 0.29) is 13.2 Å². The molecule has 0 bridgehead atoms. The van der Waals surface area contributed by atoms with E-state index in [1.807, 2.05) is 110 Å². The Morgan fingerprint density at radius 3 is 2.02 bits per heavy atom. The van der Waals surface area contributed by atoms with Crippen molar-refractivity contribution in [2.75, 3.05) is 0 Å². The zero-order valence-electron chi connectivity index (χ0n) is 22.2. The topological polar surface area (TPSA) is 81.4 Å². The Balaban J connectivity index is 1.48. The highest BCUT2D eigenvalue weighted by Crippen LogP contribution is 2.33. The first-order chi connectivity index (χ1) is 19.4. The van der Waals surface area contributed by atoms with Gasteiger partial charge in [0.2, 0.25) is 5.91 Å². The fourth-order valence-corrected chi connectivity index (χ4v) is 4.71. The lowest BCUT2D eigenvalue weighted by atomic mass is 10.00. The van der Waals surface area contributed by atoms with Gasteiger partial charge in [-0.1, -0.05) is 109 Å². The summed E-state index contributed by atoms with van der Waals surface area (Å²) >= 11 is 0. The van der Waals surface area contributed by atoms with Gasteiger partial charge < -0.3 is 15.2 Å². The zero-order valence-corrected chi connectivity index (χ0v) is 22.2. The van der Waals surface area contributed by atoms with Crippen molar-refractivity contribution in [1.82, 2.24) is 0 Å². The second-order valence-electron chi connectivity index (χ2n) is 9.68. The van der Waals surface area contributed by atoms with Crippen LogP contribution in [0.1, 0.15) is 32.6 Å². The van der Waals surface area contributed by atoms with E-state index in [2.05, 4.69) is 0 Å². The molecule has 0 aliphatic carbocycles. The van der Waals surface area contributed by atoms with Crippen LogP contribution >= 0.6 is 0 Å². The quantitative estimate of drug-likeness (QED) is 0.192. The number of primary amides is 1. The number of carbonyl (C=O) groups is 1. The summed E-state index contributed by atoms with van der Waals surface area (Å²) in [5.41, 5.74) is 12.4. The van der Waals surface area contributed by atoms with Crippen LogP contribution in [0.5, 0.6) is 0 Å².